The van der Waals surface area contributed by atoms with Gasteiger partial charge < -0.3 is 20.9 Å². The maximum atomic E-state index is 9.19. The van der Waals surface area contributed by atoms with Crippen molar-refractivity contribution >= 4 is 0 Å². The Morgan fingerprint density at radius 2 is 2.06 bits per heavy atom. The van der Waals surface area contributed by atoms with Crippen LogP contribution in [0, 0.1) is 0 Å². The lowest BCUT2D eigenvalue weighted by molar-refractivity contribution is 0.240. The van der Waals surface area contributed by atoms with Gasteiger partial charge >= 0.3 is 0 Å². The lowest BCUT2D eigenvalue weighted by Crippen LogP contribution is -2.39. The van der Waals surface area contributed by atoms with Gasteiger partial charge in [0.1, 0.15) is 5.75 Å². The SMILES string of the molecule is CNC(c1ccc(OC)c(C(C)C)c1)C(N)CO. The van der Waals surface area contributed by atoms with E-state index in [0.717, 1.165) is 16.9 Å². The van der Waals surface area contributed by atoms with Crippen LogP contribution in [-0.2, 0) is 0 Å². The molecule has 0 bridgehead atoms. The second-order valence-electron chi connectivity index (χ2n) is 4.77. The summed E-state index contributed by atoms with van der Waals surface area (Å²) in [5.74, 6) is 1.27. The molecule has 0 spiro atoms. The molecule has 0 aliphatic heterocycles. The van der Waals surface area contributed by atoms with Crippen LogP contribution in [0.4, 0.5) is 0 Å². The summed E-state index contributed by atoms with van der Waals surface area (Å²) in [6.45, 7) is 4.21. The molecule has 4 heteroatoms. The minimum atomic E-state index is -0.316. The van der Waals surface area contributed by atoms with Gasteiger partial charge in [-0.2, -0.15) is 0 Å². The van der Waals surface area contributed by atoms with Gasteiger partial charge in [0.15, 0.2) is 0 Å². The van der Waals surface area contributed by atoms with Crippen LogP contribution >= 0.6 is 0 Å². The number of nitrogens with two attached hydrogens (primary N) is 1. The first-order chi connectivity index (χ1) is 8.54. The molecule has 0 radical (unpaired) electrons. The van der Waals surface area contributed by atoms with Crippen LogP contribution in [0.2, 0.25) is 0 Å². The molecule has 0 amide bonds. The lowest BCUT2D eigenvalue weighted by atomic mass is 9.94. The molecule has 1 rings (SSSR count). The molecule has 2 atom stereocenters. The Kier molecular flexibility index (Phi) is 5.59. The zero-order chi connectivity index (χ0) is 13.7. The molecule has 4 nitrogen and oxygen atoms in total. The molecule has 1 aromatic rings. The van der Waals surface area contributed by atoms with Crippen molar-refractivity contribution in [2.45, 2.75) is 31.8 Å². The van der Waals surface area contributed by atoms with Crippen LogP contribution in [-0.4, -0.2) is 31.9 Å². The van der Waals surface area contributed by atoms with E-state index < -0.39 is 0 Å². The zero-order valence-corrected chi connectivity index (χ0v) is 11.6. The Morgan fingerprint density at radius 1 is 1.39 bits per heavy atom. The first kappa shape index (κ1) is 15.0. The third-order valence-electron chi connectivity index (χ3n) is 3.18. The van der Waals surface area contributed by atoms with Crippen LogP contribution in [0.5, 0.6) is 5.75 Å². The predicted octanol–water partition coefficient (Wildman–Crippen LogP) is 1.40. The maximum absolute atomic E-state index is 9.19. The van der Waals surface area contributed by atoms with E-state index in [0.29, 0.717) is 5.92 Å². The Labute approximate surface area is 109 Å². The Hall–Kier alpha value is -1.10. The van der Waals surface area contributed by atoms with E-state index in [1.165, 1.54) is 0 Å². The van der Waals surface area contributed by atoms with Crippen molar-refractivity contribution in [1.29, 1.82) is 0 Å². The van der Waals surface area contributed by atoms with Crippen LogP contribution in [0.15, 0.2) is 18.2 Å². The average molecular weight is 252 g/mol. The Balaban J connectivity index is 3.13. The number of hydrogen-bond acceptors (Lipinski definition) is 4. The van der Waals surface area contributed by atoms with Gasteiger partial charge in [0.05, 0.1) is 13.7 Å². The van der Waals surface area contributed by atoms with Crippen molar-refractivity contribution in [3.63, 3.8) is 0 Å². The van der Waals surface area contributed by atoms with Crippen LogP contribution < -0.4 is 15.8 Å². The third kappa shape index (κ3) is 3.22. The Morgan fingerprint density at radius 3 is 2.50 bits per heavy atom. The van der Waals surface area contributed by atoms with Gasteiger partial charge in [-0.1, -0.05) is 26.0 Å². The predicted molar refractivity (Wildman–Crippen MR) is 73.9 cm³/mol. The van der Waals surface area contributed by atoms with Crippen molar-refractivity contribution in [1.82, 2.24) is 5.32 Å². The number of ether oxygens (including phenoxy) is 1. The van der Waals surface area contributed by atoms with E-state index >= 15 is 0 Å². The van der Waals surface area contributed by atoms with Gasteiger partial charge in [-0.05, 0) is 30.2 Å². The zero-order valence-electron chi connectivity index (χ0n) is 11.6. The highest BCUT2D eigenvalue weighted by Crippen LogP contribution is 2.29. The number of aliphatic hydroxyl groups is 1. The van der Waals surface area contributed by atoms with Gasteiger partial charge in [0, 0.05) is 12.1 Å². The molecule has 2 unspecified atom stereocenters. The average Bonchev–Trinajstić information content (AvgIpc) is 2.39. The molecule has 1 aromatic carbocycles. The number of aliphatic hydroxyl groups excluding tert-OH is 1. The van der Waals surface area contributed by atoms with Crippen molar-refractivity contribution < 1.29 is 9.84 Å². The standard InChI is InChI=1S/C14H24N2O2/c1-9(2)11-7-10(5-6-13(11)18-4)14(16-3)12(15)8-17/h5-7,9,12,14,16-17H,8,15H2,1-4H3. The van der Waals surface area contributed by atoms with E-state index in [1.54, 1.807) is 7.11 Å². The molecule has 102 valence electrons. The van der Waals surface area contributed by atoms with Crippen molar-refractivity contribution in [2.75, 3.05) is 20.8 Å². The summed E-state index contributed by atoms with van der Waals surface area (Å²) in [7, 11) is 3.52. The molecule has 0 saturated heterocycles. The quantitative estimate of drug-likeness (QED) is 0.716. The summed E-state index contributed by atoms with van der Waals surface area (Å²) < 4.78 is 5.36. The van der Waals surface area contributed by atoms with E-state index in [1.807, 2.05) is 19.2 Å². The van der Waals surface area contributed by atoms with Gasteiger partial charge in [-0.3, -0.25) is 0 Å². The number of nitrogens with one attached hydrogen (secondary N) is 1. The fraction of sp³-hybridized carbons (Fsp3) is 0.571. The molecule has 0 fully saturated rings. The number of benzene rings is 1. The van der Waals surface area contributed by atoms with Gasteiger partial charge in [-0.25, -0.2) is 0 Å². The van der Waals surface area contributed by atoms with Gasteiger partial charge in [-0.15, -0.1) is 0 Å². The first-order valence-electron chi connectivity index (χ1n) is 6.26. The topological polar surface area (TPSA) is 67.5 Å². The number of rotatable bonds is 6. The van der Waals surface area contributed by atoms with E-state index in [9.17, 15) is 5.11 Å². The summed E-state index contributed by atoms with van der Waals surface area (Å²) in [5.41, 5.74) is 8.14. The molecule has 0 aromatic heterocycles. The smallest absolute Gasteiger partial charge is 0.122 e. The molecule has 0 saturated carbocycles. The maximum Gasteiger partial charge on any atom is 0.122 e. The van der Waals surface area contributed by atoms with E-state index in [4.69, 9.17) is 10.5 Å². The summed E-state index contributed by atoms with van der Waals surface area (Å²) in [6, 6.07) is 5.67. The highest BCUT2D eigenvalue weighted by Gasteiger charge is 2.19. The Bertz CT molecular complexity index is 380. The second-order valence-corrected chi connectivity index (χ2v) is 4.77. The molecule has 0 heterocycles. The number of methoxy groups -OCH3 is 1. The molecule has 0 aliphatic carbocycles. The van der Waals surface area contributed by atoms with Crippen LogP contribution in [0.1, 0.15) is 36.9 Å². The summed E-state index contributed by atoms with van der Waals surface area (Å²) in [4.78, 5) is 0. The highest BCUT2D eigenvalue weighted by molar-refractivity contribution is 5.40. The first-order valence-corrected chi connectivity index (χ1v) is 6.26. The minimum absolute atomic E-state index is 0.0471. The molecule has 0 aliphatic rings. The normalized spacial score (nSPS) is 14.6. The molecular weight excluding hydrogens is 228 g/mol. The fourth-order valence-electron chi connectivity index (χ4n) is 2.13. The number of hydrogen-bond donors (Lipinski definition) is 3. The summed E-state index contributed by atoms with van der Waals surface area (Å²) in [6.07, 6.45) is 0. The van der Waals surface area contributed by atoms with E-state index in [-0.39, 0.29) is 18.7 Å². The monoisotopic (exact) mass is 252 g/mol. The van der Waals surface area contributed by atoms with Crippen LogP contribution in [0.3, 0.4) is 0 Å². The largest absolute Gasteiger partial charge is 0.496 e. The lowest BCUT2D eigenvalue weighted by Gasteiger charge is -2.24. The van der Waals surface area contributed by atoms with Crippen molar-refractivity contribution in [2.24, 2.45) is 5.73 Å². The molecule has 4 N–H and O–H groups in total. The van der Waals surface area contributed by atoms with Crippen molar-refractivity contribution in [3.8, 4) is 5.75 Å². The van der Waals surface area contributed by atoms with Crippen molar-refractivity contribution in [3.05, 3.63) is 29.3 Å². The fourth-order valence-corrected chi connectivity index (χ4v) is 2.13. The number of likely N-dealkylation sites (N-methyl/N-ethyl adjacent to an activating group) is 1. The second kappa shape index (κ2) is 6.73. The summed E-state index contributed by atoms with van der Waals surface area (Å²) in [5, 5.41) is 12.3. The van der Waals surface area contributed by atoms with Gasteiger partial charge in [0.2, 0.25) is 0 Å². The third-order valence-corrected chi connectivity index (χ3v) is 3.18. The minimum Gasteiger partial charge on any atom is -0.496 e. The van der Waals surface area contributed by atoms with E-state index in [2.05, 4.69) is 25.2 Å². The van der Waals surface area contributed by atoms with Gasteiger partial charge in [0.25, 0.3) is 0 Å². The highest BCUT2D eigenvalue weighted by atomic mass is 16.5. The summed E-state index contributed by atoms with van der Waals surface area (Å²) >= 11 is 0. The molecule has 18 heavy (non-hydrogen) atoms. The molecular formula is C14H24N2O2. The van der Waals surface area contributed by atoms with Crippen LogP contribution in [0.25, 0.3) is 0 Å².